The highest BCUT2D eigenvalue weighted by molar-refractivity contribution is 6.36. The molecule has 0 aliphatic carbocycles. The molecular formula is C82H52N4. The maximum absolute atomic E-state index is 5.46. The molecule has 4 heteroatoms. The Morgan fingerprint density at radius 2 is 0.384 bits per heavy atom. The van der Waals surface area contributed by atoms with Crippen LogP contribution in [0.4, 0.5) is 0 Å². The topological polar surface area (TPSA) is 51.6 Å². The van der Waals surface area contributed by atoms with Crippen molar-refractivity contribution in [1.82, 2.24) is 19.9 Å². The van der Waals surface area contributed by atoms with E-state index in [-0.39, 0.29) is 0 Å². The molecule has 0 atom stereocenters. The monoisotopic (exact) mass is 1090 g/mol. The minimum Gasteiger partial charge on any atom is -0.244 e. The van der Waals surface area contributed by atoms with E-state index < -0.39 is 0 Å². The van der Waals surface area contributed by atoms with Crippen LogP contribution in [0.15, 0.2) is 315 Å². The van der Waals surface area contributed by atoms with E-state index in [0.29, 0.717) is 0 Å². The lowest BCUT2D eigenvalue weighted by molar-refractivity contribution is 1.29. The van der Waals surface area contributed by atoms with Gasteiger partial charge in [0.25, 0.3) is 0 Å². The van der Waals surface area contributed by atoms with E-state index in [1.807, 2.05) is 24.3 Å². The van der Waals surface area contributed by atoms with Gasteiger partial charge in [-0.25, -0.2) is 19.9 Å². The van der Waals surface area contributed by atoms with Crippen molar-refractivity contribution in [3.63, 3.8) is 0 Å². The van der Waals surface area contributed by atoms with E-state index in [4.69, 9.17) is 19.9 Å². The quantitative estimate of drug-likeness (QED) is 0.128. The van der Waals surface area contributed by atoms with Crippen molar-refractivity contribution in [2.75, 3.05) is 0 Å². The smallest absolute Gasteiger partial charge is 0.0973 e. The van der Waals surface area contributed by atoms with Crippen LogP contribution in [-0.4, -0.2) is 19.9 Å². The lowest BCUT2D eigenvalue weighted by Crippen LogP contribution is -1.99. The molecule has 0 fully saturated rings. The van der Waals surface area contributed by atoms with Crippen LogP contribution in [0, 0.1) is 0 Å². The van der Waals surface area contributed by atoms with Crippen LogP contribution in [0.3, 0.4) is 0 Å². The number of aromatic nitrogens is 4. The molecule has 0 radical (unpaired) electrons. The molecule has 0 aliphatic heterocycles. The van der Waals surface area contributed by atoms with Crippen molar-refractivity contribution in [1.29, 1.82) is 0 Å². The van der Waals surface area contributed by atoms with Gasteiger partial charge in [-0.2, -0.15) is 0 Å². The zero-order chi connectivity index (χ0) is 56.9. The van der Waals surface area contributed by atoms with E-state index in [0.717, 1.165) is 133 Å². The van der Waals surface area contributed by atoms with Crippen molar-refractivity contribution in [3.05, 3.63) is 315 Å². The number of benzene rings is 14. The molecule has 16 rings (SSSR count). The van der Waals surface area contributed by atoms with E-state index in [2.05, 4.69) is 291 Å². The average molecular weight is 1090 g/mol. The Bertz CT molecular complexity index is 4890. The number of hydrogen-bond acceptors (Lipinski definition) is 4. The van der Waals surface area contributed by atoms with Crippen LogP contribution in [0.25, 0.3) is 166 Å². The predicted molar refractivity (Wildman–Crippen MR) is 360 cm³/mol. The van der Waals surface area contributed by atoms with Gasteiger partial charge < -0.3 is 0 Å². The van der Waals surface area contributed by atoms with Crippen molar-refractivity contribution < 1.29 is 0 Å². The normalized spacial score (nSPS) is 11.5. The minimum atomic E-state index is 0.833. The molecular weight excluding hydrogens is 1040 g/mol. The maximum Gasteiger partial charge on any atom is 0.0973 e. The average Bonchev–Trinajstić information content (AvgIpc) is 0.734. The first kappa shape index (κ1) is 50.3. The van der Waals surface area contributed by atoms with Gasteiger partial charge in [-0.15, -0.1) is 0 Å². The summed E-state index contributed by atoms with van der Waals surface area (Å²) in [7, 11) is 0. The molecule has 86 heavy (non-hydrogen) atoms. The molecule has 0 unspecified atom stereocenters. The summed E-state index contributed by atoms with van der Waals surface area (Å²) < 4.78 is 0. The molecule has 2 aromatic heterocycles. The fourth-order valence-electron chi connectivity index (χ4n) is 12.9. The first-order valence-corrected chi connectivity index (χ1v) is 29.3. The number of fused-ring (bicyclic) bond motifs is 8. The minimum absolute atomic E-state index is 0.833. The predicted octanol–water partition coefficient (Wildman–Crippen LogP) is 21.7. The Hall–Kier alpha value is -11.5. The molecule has 0 saturated carbocycles. The summed E-state index contributed by atoms with van der Waals surface area (Å²) >= 11 is 0. The highest BCUT2D eigenvalue weighted by Gasteiger charge is 2.28. The lowest BCUT2D eigenvalue weighted by atomic mass is 9.76. The Kier molecular flexibility index (Phi) is 12.5. The van der Waals surface area contributed by atoms with Gasteiger partial charge in [-0.3, -0.25) is 0 Å². The van der Waals surface area contributed by atoms with Gasteiger partial charge in [-0.1, -0.05) is 279 Å². The van der Waals surface area contributed by atoms with Crippen molar-refractivity contribution in [3.8, 4) is 112 Å². The highest BCUT2D eigenvalue weighted by Crippen LogP contribution is 2.55. The molecule has 0 N–H and O–H groups in total. The Morgan fingerprint density at radius 3 is 0.674 bits per heavy atom. The Balaban J connectivity index is 1.01. The Morgan fingerprint density at radius 1 is 0.151 bits per heavy atom. The molecule has 4 nitrogen and oxygen atoms in total. The van der Waals surface area contributed by atoms with Crippen LogP contribution < -0.4 is 0 Å². The molecule has 0 bridgehead atoms. The van der Waals surface area contributed by atoms with Crippen molar-refractivity contribution in [2.45, 2.75) is 0 Å². The van der Waals surface area contributed by atoms with Gasteiger partial charge >= 0.3 is 0 Å². The lowest BCUT2D eigenvalue weighted by Gasteiger charge is -2.27. The zero-order valence-corrected chi connectivity index (χ0v) is 46.8. The Labute approximate surface area is 498 Å². The fraction of sp³-hybridized carbons (Fsp3) is 0. The first-order valence-electron chi connectivity index (χ1n) is 29.3. The largest absolute Gasteiger partial charge is 0.244 e. The summed E-state index contributed by atoms with van der Waals surface area (Å²) in [4.78, 5) is 21.6. The molecule has 0 saturated heterocycles. The fourth-order valence-corrected chi connectivity index (χ4v) is 12.9. The van der Waals surface area contributed by atoms with Crippen LogP contribution in [-0.2, 0) is 0 Å². The van der Waals surface area contributed by atoms with Crippen molar-refractivity contribution in [2.24, 2.45) is 0 Å². The second-order valence-electron chi connectivity index (χ2n) is 21.9. The number of rotatable bonds is 10. The molecule has 14 aromatic carbocycles. The summed E-state index contributed by atoms with van der Waals surface area (Å²) in [6.07, 6.45) is 0. The molecule has 0 aliphatic rings. The van der Waals surface area contributed by atoms with Gasteiger partial charge in [0.1, 0.15) is 0 Å². The third kappa shape index (κ3) is 8.87. The summed E-state index contributed by atoms with van der Waals surface area (Å²) in [6.45, 7) is 0. The van der Waals surface area contributed by atoms with E-state index in [1.54, 1.807) is 0 Å². The summed E-state index contributed by atoms with van der Waals surface area (Å²) in [5.41, 5.74) is 24.4. The standard InChI is InChI=1S/C82H52N4/c1-9-25-53(26-10-1)73-74(54-27-11-2-12-28-54)76(56-31-15-4-16-32-56)78-68-50-62(64-44-48-70-72(52-64)86-82(60-39-23-8-24-40-60)80(84-70)58-35-19-6-20-36-58)42-46-66(68)65-45-41-61(49-67(65)77(78)75(73)55-29-13-3-14-30-55)63-43-47-69-71(51-63)85-81(59-37-21-7-22-38-59)79(83-69)57-33-17-5-18-34-57/h1-52H. The summed E-state index contributed by atoms with van der Waals surface area (Å²) in [6, 6.07) is 113. The van der Waals surface area contributed by atoms with Crippen LogP contribution >= 0.6 is 0 Å². The maximum atomic E-state index is 5.46. The van der Waals surface area contributed by atoms with Gasteiger partial charge in [0.15, 0.2) is 0 Å². The van der Waals surface area contributed by atoms with E-state index >= 15 is 0 Å². The first-order chi connectivity index (χ1) is 42.7. The zero-order valence-electron chi connectivity index (χ0n) is 46.8. The summed E-state index contributed by atoms with van der Waals surface area (Å²) in [5, 5.41) is 7.00. The van der Waals surface area contributed by atoms with E-state index in [1.165, 1.54) is 33.0 Å². The van der Waals surface area contributed by atoms with E-state index in [9.17, 15) is 0 Å². The summed E-state index contributed by atoms with van der Waals surface area (Å²) in [5.74, 6) is 0. The van der Waals surface area contributed by atoms with Crippen LogP contribution in [0.2, 0.25) is 0 Å². The van der Waals surface area contributed by atoms with Crippen molar-refractivity contribution >= 4 is 54.4 Å². The third-order valence-corrected chi connectivity index (χ3v) is 16.8. The highest BCUT2D eigenvalue weighted by atomic mass is 14.8. The third-order valence-electron chi connectivity index (χ3n) is 16.8. The second-order valence-corrected chi connectivity index (χ2v) is 21.9. The van der Waals surface area contributed by atoms with Gasteiger partial charge in [0.05, 0.1) is 44.8 Å². The van der Waals surface area contributed by atoms with Gasteiger partial charge in [0.2, 0.25) is 0 Å². The number of nitrogens with zero attached hydrogens (tertiary/aromatic N) is 4. The SMILES string of the molecule is c1ccc(-c2nc3ccc(-c4ccc5c6ccc(-c7ccc8nc(-c9ccccc9)c(-c9ccccc9)nc8c7)cc6c6c(-c7ccccc7)c(-c7ccccc7)c(-c7ccccc7)c(-c7ccccc7)c6c5c4)cc3nc2-c2ccccc2)cc1. The van der Waals surface area contributed by atoms with Gasteiger partial charge in [-0.05, 0) is 135 Å². The molecule has 2 heterocycles. The molecule has 0 amide bonds. The van der Waals surface area contributed by atoms with Crippen LogP contribution in [0.5, 0.6) is 0 Å². The van der Waals surface area contributed by atoms with Gasteiger partial charge in [0, 0.05) is 22.3 Å². The molecule has 16 aromatic rings. The van der Waals surface area contributed by atoms with Crippen LogP contribution in [0.1, 0.15) is 0 Å². The molecule has 400 valence electrons. The number of hydrogen-bond donors (Lipinski definition) is 0. The molecule has 0 spiro atoms. The second kappa shape index (κ2) is 21.4.